The quantitative estimate of drug-likeness (QED) is 0.932. The van der Waals surface area contributed by atoms with Crippen LogP contribution in [-0.4, -0.2) is 38.6 Å². The van der Waals surface area contributed by atoms with Crippen LogP contribution >= 0.6 is 11.6 Å². The third-order valence-electron chi connectivity index (χ3n) is 3.18. The van der Waals surface area contributed by atoms with Crippen LogP contribution in [0.1, 0.15) is 17.8 Å². The van der Waals surface area contributed by atoms with Gasteiger partial charge >= 0.3 is 0 Å². The van der Waals surface area contributed by atoms with Gasteiger partial charge in [0.1, 0.15) is 0 Å². The van der Waals surface area contributed by atoms with Gasteiger partial charge in [0.15, 0.2) is 0 Å². The molecule has 0 unspecified atom stereocenters. The summed E-state index contributed by atoms with van der Waals surface area (Å²) in [5, 5.41) is 14.9. The van der Waals surface area contributed by atoms with Crippen LogP contribution in [0.5, 0.6) is 0 Å². The van der Waals surface area contributed by atoms with Crippen LogP contribution in [0.2, 0.25) is 5.02 Å². The van der Waals surface area contributed by atoms with Crippen molar-refractivity contribution in [2.24, 2.45) is 0 Å². The number of hydrogen-bond donors (Lipinski definition) is 1. The summed E-state index contributed by atoms with van der Waals surface area (Å²) < 4.78 is 0. The van der Waals surface area contributed by atoms with Gasteiger partial charge in [-0.15, -0.1) is 10.2 Å². The van der Waals surface area contributed by atoms with Crippen molar-refractivity contribution >= 4 is 17.2 Å². The number of aromatic amines is 1. The predicted octanol–water partition coefficient (Wildman–Crippen LogP) is 2.14. The molecule has 0 radical (unpaired) electrons. The highest BCUT2D eigenvalue weighted by atomic mass is 35.5. The van der Waals surface area contributed by atoms with Crippen LogP contribution in [-0.2, 0) is 6.54 Å². The Kier molecular flexibility index (Phi) is 3.57. The van der Waals surface area contributed by atoms with Crippen molar-refractivity contribution in [2.45, 2.75) is 13.0 Å². The van der Waals surface area contributed by atoms with Gasteiger partial charge in [-0.25, -0.2) is 0 Å². The van der Waals surface area contributed by atoms with E-state index in [4.69, 9.17) is 11.6 Å². The third-order valence-corrected chi connectivity index (χ3v) is 3.43. The van der Waals surface area contributed by atoms with Crippen molar-refractivity contribution in [3.05, 3.63) is 46.8 Å². The molecule has 0 amide bonds. The summed E-state index contributed by atoms with van der Waals surface area (Å²) >= 11 is 5.90. The van der Waals surface area contributed by atoms with Crippen molar-refractivity contribution in [1.29, 1.82) is 0 Å². The van der Waals surface area contributed by atoms with E-state index >= 15 is 0 Å². The van der Waals surface area contributed by atoms with E-state index in [0.29, 0.717) is 5.82 Å². The molecule has 2 heterocycles. The van der Waals surface area contributed by atoms with Crippen molar-refractivity contribution in [3.8, 4) is 0 Å². The van der Waals surface area contributed by atoms with Gasteiger partial charge in [0.05, 0.1) is 0 Å². The number of halogens is 1. The summed E-state index contributed by atoms with van der Waals surface area (Å²) in [6.07, 6.45) is 3.20. The van der Waals surface area contributed by atoms with Gasteiger partial charge < -0.3 is 0 Å². The number of nitrogens with one attached hydrogen (secondary N) is 1. The Balaban J connectivity index is 1.67. The van der Waals surface area contributed by atoms with E-state index in [0.717, 1.165) is 36.7 Å². The van der Waals surface area contributed by atoms with Crippen LogP contribution in [0.4, 0.5) is 0 Å². The first-order chi connectivity index (χ1) is 9.31. The Hall–Kier alpha value is -1.72. The van der Waals surface area contributed by atoms with Crippen LogP contribution in [0, 0.1) is 0 Å². The van der Waals surface area contributed by atoms with Gasteiger partial charge in [-0.05, 0) is 29.3 Å². The standard InChI is InChI=1S/C13H14ClN5/c14-12-5-3-10(4-6-12)8-19-7-1-2-11(9-19)13-15-17-18-16-13/h2-6H,1,7-9H2,(H,15,16,17,18). The highest BCUT2D eigenvalue weighted by Crippen LogP contribution is 2.19. The van der Waals surface area contributed by atoms with Crippen molar-refractivity contribution in [3.63, 3.8) is 0 Å². The first kappa shape index (κ1) is 12.3. The molecule has 5 nitrogen and oxygen atoms in total. The summed E-state index contributed by atoms with van der Waals surface area (Å²) in [6, 6.07) is 7.98. The lowest BCUT2D eigenvalue weighted by molar-refractivity contribution is 0.296. The first-order valence-corrected chi connectivity index (χ1v) is 6.59. The molecule has 3 rings (SSSR count). The molecule has 0 fully saturated rings. The highest BCUT2D eigenvalue weighted by Gasteiger charge is 2.16. The Morgan fingerprint density at radius 3 is 2.84 bits per heavy atom. The number of nitrogens with zero attached hydrogens (tertiary/aromatic N) is 4. The maximum absolute atomic E-state index is 5.90. The summed E-state index contributed by atoms with van der Waals surface area (Å²) in [6.45, 7) is 2.80. The molecule has 1 aromatic carbocycles. The second kappa shape index (κ2) is 5.50. The van der Waals surface area contributed by atoms with E-state index in [1.807, 2.05) is 12.1 Å². The Morgan fingerprint density at radius 1 is 1.26 bits per heavy atom. The fourth-order valence-electron chi connectivity index (χ4n) is 2.25. The number of benzene rings is 1. The predicted molar refractivity (Wildman–Crippen MR) is 73.5 cm³/mol. The topological polar surface area (TPSA) is 57.7 Å². The molecule has 2 aromatic rings. The summed E-state index contributed by atoms with van der Waals surface area (Å²) in [4.78, 5) is 2.37. The fourth-order valence-corrected chi connectivity index (χ4v) is 2.37. The van der Waals surface area contributed by atoms with Crippen LogP contribution in [0.25, 0.3) is 5.57 Å². The molecule has 0 spiro atoms. The zero-order valence-electron chi connectivity index (χ0n) is 10.4. The summed E-state index contributed by atoms with van der Waals surface area (Å²) in [7, 11) is 0. The molecule has 6 heteroatoms. The molecule has 1 aliphatic heterocycles. The Morgan fingerprint density at radius 2 is 2.11 bits per heavy atom. The molecule has 19 heavy (non-hydrogen) atoms. The Labute approximate surface area is 116 Å². The average Bonchev–Trinajstić information content (AvgIpc) is 2.96. The zero-order chi connectivity index (χ0) is 13.1. The lowest BCUT2D eigenvalue weighted by atomic mass is 10.1. The molecular weight excluding hydrogens is 262 g/mol. The fraction of sp³-hybridized carbons (Fsp3) is 0.308. The maximum Gasteiger partial charge on any atom is 0.201 e. The lowest BCUT2D eigenvalue weighted by Gasteiger charge is -2.26. The molecule has 0 saturated heterocycles. The van der Waals surface area contributed by atoms with Crippen LogP contribution < -0.4 is 0 Å². The third kappa shape index (κ3) is 3.00. The van der Waals surface area contributed by atoms with E-state index in [1.165, 1.54) is 5.56 Å². The minimum Gasteiger partial charge on any atom is -0.294 e. The smallest absolute Gasteiger partial charge is 0.201 e. The van der Waals surface area contributed by atoms with Crippen molar-refractivity contribution in [1.82, 2.24) is 25.5 Å². The number of rotatable bonds is 3. The Bertz CT molecular complexity index is 561. The second-order valence-electron chi connectivity index (χ2n) is 4.59. The number of tetrazole rings is 1. The SMILES string of the molecule is Clc1ccc(CN2CCC=C(c3nn[nH]n3)C2)cc1. The van der Waals surface area contributed by atoms with Gasteiger partial charge in [-0.3, -0.25) is 4.90 Å². The first-order valence-electron chi connectivity index (χ1n) is 6.21. The number of hydrogen-bond acceptors (Lipinski definition) is 4. The number of aromatic nitrogens is 4. The second-order valence-corrected chi connectivity index (χ2v) is 5.03. The molecule has 0 saturated carbocycles. The number of H-pyrrole nitrogens is 1. The summed E-state index contributed by atoms with van der Waals surface area (Å²) in [5.41, 5.74) is 2.40. The summed E-state index contributed by atoms with van der Waals surface area (Å²) in [5.74, 6) is 0.695. The molecule has 1 aromatic heterocycles. The molecule has 1 N–H and O–H groups in total. The van der Waals surface area contributed by atoms with Gasteiger partial charge in [0.2, 0.25) is 5.82 Å². The van der Waals surface area contributed by atoms with Gasteiger partial charge in [-0.1, -0.05) is 29.8 Å². The zero-order valence-corrected chi connectivity index (χ0v) is 11.1. The highest BCUT2D eigenvalue weighted by molar-refractivity contribution is 6.30. The average molecular weight is 276 g/mol. The van der Waals surface area contributed by atoms with Gasteiger partial charge in [0.25, 0.3) is 0 Å². The van der Waals surface area contributed by atoms with Gasteiger partial charge in [-0.2, -0.15) is 5.21 Å². The van der Waals surface area contributed by atoms with Gasteiger partial charge in [0, 0.05) is 30.2 Å². The van der Waals surface area contributed by atoms with E-state index in [1.54, 1.807) is 0 Å². The normalized spacial score (nSPS) is 16.4. The minimum absolute atomic E-state index is 0.695. The monoisotopic (exact) mass is 275 g/mol. The van der Waals surface area contributed by atoms with Crippen molar-refractivity contribution in [2.75, 3.05) is 13.1 Å². The van der Waals surface area contributed by atoms with E-state index in [2.05, 4.69) is 43.7 Å². The molecule has 98 valence electrons. The van der Waals surface area contributed by atoms with Crippen LogP contribution in [0.3, 0.4) is 0 Å². The largest absolute Gasteiger partial charge is 0.294 e. The maximum atomic E-state index is 5.90. The molecular formula is C13H14ClN5. The van der Waals surface area contributed by atoms with E-state index in [9.17, 15) is 0 Å². The molecule has 0 atom stereocenters. The van der Waals surface area contributed by atoms with E-state index in [-0.39, 0.29) is 0 Å². The molecule has 0 aliphatic carbocycles. The van der Waals surface area contributed by atoms with Crippen molar-refractivity contribution < 1.29 is 0 Å². The minimum atomic E-state index is 0.695. The van der Waals surface area contributed by atoms with E-state index < -0.39 is 0 Å². The van der Waals surface area contributed by atoms with Crippen LogP contribution in [0.15, 0.2) is 30.3 Å². The lowest BCUT2D eigenvalue weighted by Crippen LogP contribution is -2.29. The molecule has 1 aliphatic rings. The molecule has 0 bridgehead atoms.